The Kier molecular flexibility index (Phi) is 5.25. The molecule has 2 amide bonds. The predicted molar refractivity (Wildman–Crippen MR) is 95.2 cm³/mol. The number of carbonyl (C=O) groups is 2. The number of alkyl carbamates (subject to hydrolysis) is 1. The summed E-state index contributed by atoms with van der Waals surface area (Å²) in [5.41, 5.74) is -0.226. The second kappa shape index (κ2) is 6.72. The van der Waals surface area contributed by atoms with Crippen LogP contribution in [-0.4, -0.2) is 35.8 Å². The van der Waals surface area contributed by atoms with Crippen LogP contribution in [0.15, 0.2) is 28.7 Å². The topological polar surface area (TPSA) is 70.7 Å². The summed E-state index contributed by atoms with van der Waals surface area (Å²) >= 11 is 3.46. The van der Waals surface area contributed by atoms with Gasteiger partial charge in [0.15, 0.2) is 6.29 Å². The maximum atomic E-state index is 12.4. The molecule has 2 N–H and O–H groups in total. The first-order valence-electron chi connectivity index (χ1n) is 7.79. The third kappa shape index (κ3) is 4.48. The minimum Gasteiger partial charge on any atom is -0.444 e. The number of rotatable bonds is 2. The van der Waals surface area contributed by atoms with Gasteiger partial charge in [-0.3, -0.25) is 15.4 Å². The van der Waals surface area contributed by atoms with Crippen LogP contribution in [0, 0.1) is 0 Å². The Labute approximate surface area is 151 Å². The number of hydrogen-bond donors (Lipinski definition) is 2. The van der Waals surface area contributed by atoms with Gasteiger partial charge in [-0.05, 0) is 45.4 Å². The Morgan fingerprint density at radius 1 is 1.46 bits per heavy atom. The third-order valence-electron chi connectivity index (χ3n) is 3.86. The Morgan fingerprint density at radius 3 is 2.71 bits per heavy atom. The van der Waals surface area contributed by atoms with Crippen molar-refractivity contribution >= 4 is 27.9 Å². The van der Waals surface area contributed by atoms with Gasteiger partial charge in [0.25, 0.3) is 0 Å². The molecule has 0 aliphatic carbocycles. The van der Waals surface area contributed by atoms with Crippen molar-refractivity contribution in [3.8, 4) is 0 Å². The molecule has 0 aromatic heterocycles. The van der Waals surface area contributed by atoms with Crippen molar-refractivity contribution in [3.63, 3.8) is 0 Å². The van der Waals surface area contributed by atoms with E-state index in [0.29, 0.717) is 6.42 Å². The van der Waals surface area contributed by atoms with E-state index in [1.165, 1.54) is 4.90 Å². The van der Waals surface area contributed by atoms with E-state index in [4.69, 9.17) is 4.74 Å². The second-order valence-electron chi connectivity index (χ2n) is 7.22. The van der Waals surface area contributed by atoms with Crippen LogP contribution in [-0.2, 0) is 15.1 Å². The van der Waals surface area contributed by atoms with Crippen LogP contribution in [0.4, 0.5) is 4.79 Å². The molecule has 2 atom stereocenters. The average Bonchev–Trinajstić information content (AvgIpc) is 2.42. The van der Waals surface area contributed by atoms with Gasteiger partial charge >= 0.3 is 6.09 Å². The standard InChI is InChI=1S/C17H24BrN3O3/c1-16(2,3)24-15(23)19-14-20-17(4,10-13(22)21(14)5)11-7-6-8-12(18)9-11/h6-9,14,20H,10H2,1-5H3,(H,19,23)/t14?,17-/m0/s1. The van der Waals surface area contributed by atoms with Crippen molar-refractivity contribution in [1.29, 1.82) is 0 Å². The molecule has 0 saturated carbocycles. The van der Waals surface area contributed by atoms with Crippen molar-refractivity contribution in [2.75, 3.05) is 7.05 Å². The number of hydrogen-bond acceptors (Lipinski definition) is 4. The minimum atomic E-state index is -0.648. The van der Waals surface area contributed by atoms with Gasteiger partial charge in [-0.15, -0.1) is 0 Å². The smallest absolute Gasteiger partial charge is 0.410 e. The maximum absolute atomic E-state index is 12.4. The Hall–Kier alpha value is -1.60. The van der Waals surface area contributed by atoms with Gasteiger partial charge < -0.3 is 9.64 Å². The van der Waals surface area contributed by atoms with Crippen molar-refractivity contribution in [3.05, 3.63) is 34.3 Å². The van der Waals surface area contributed by atoms with Crippen molar-refractivity contribution in [2.45, 2.75) is 51.5 Å². The molecule has 0 radical (unpaired) electrons. The van der Waals surface area contributed by atoms with Crippen LogP contribution in [0.2, 0.25) is 0 Å². The van der Waals surface area contributed by atoms with Crippen LogP contribution in [0.5, 0.6) is 0 Å². The molecule has 7 heteroatoms. The first-order chi connectivity index (χ1) is 11.0. The molecule has 1 aliphatic heterocycles. The molecule has 1 fully saturated rings. The maximum Gasteiger partial charge on any atom is 0.410 e. The molecule has 1 saturated heterocycles. The summed E-state index contributed by atoms with van der Waals surface area (Å²) in [5.74, 6) is -0.0581. The summed E-state index contributed by atoms with van der Waals surface area (Å²) in [6.45, 7) is 7.33. The molecule has 1 aromatic carbocycles. The number of carbonyl (C=O) groups excluding carboxylic acids is 2. The lowest BCUT2D eigenvalue weighted by molar-refractivity contribution is -0.140. The fourth-order valence-corrected chi connectivity index (χ4v) is 2.99. The van der Waals surface area contributed by atoms with E-state index in [1.807, 2.05) is 31.2 Å². The highest BCUT2D eigenvalue weighted by molar-refractivity contribution is 9.10. The molecule has 2 rings (SSSR count). The first-order valence-corrected chi connectivity index (χ1v) is 8.58. The molecule has 0 bridgehead atoms. The number of halogens is 1. The van der Waals surface area contributed by atoms with Gasteiger partial charge in [0.2, 0.25) is 5.91 Å². The highest BCUT2D eigenvalue weighted by atomic mass is 79.9. The Balaban J connectivity index is 2.20. The third-order valence-corrected chi connectivity index (χ3v) is 4.35. The predicted octanol–water partition coefficient (Wildman–Crippen LogP) is 2.92. The van der Waals surface area contributed by atoms with Crippen LogP contribution >= 0.6 is 15.9 Å². The first kappa shape index (κ1) is 18.7. The van der Waals surface area contributed by atoms with E-state index in [-0.39, 0.29) is 5.91 Å². The fourth-order valence-electron chi connectivity index (χ4n) is 2.59. The van der Waals surface area contributed by atoms with Crippen molar-refractivity contribution in [1.82, 2.24) is 15.5 Å². The highest BCUT2D eigenvalue weighted by Crippen LogP contribution is 2.31. The molecule has 132 valence electrons. The quantitative estimate of drug-likeness (QED) is 0.804. The fraction of sp³-hybridized carbons (Fsp3) is 0.529. The van der Waals surface area contributed by atoms with Crippen LogP contribution < -0.4 is 10.6 Å². The number of ether oxygens (including phenoxy) is 1. The van der Waals surface area contributed by atoms with E-state index in [1.54, 1.807) is 27.8 Å². The van der Waals surface area contributed by atoms with Crippen LogP contribution in [0.1, 0.15) is 39.7 Å². The van der Waals surface area contributed by atoms with Crippen molar-refractivity contribution < 1.29 is 14.3 Å². The van der Waals surface area contributed by atoms with Gasteiger partial charge in [0.05, 0.1) is 5.54 Å². The van der Waals surface area contributed by atoms with Gasteiger partial charge in [-0.25, -0.2) is 4.79 Å². The van der Waals surface area contributed by atoms with E-state index >= 15 is 0 Å². The largest absolute Gasteiger partial charge is 0.444 e. The van der Waals surface area contributed by atoms with Gasteiger partial charge in [0, 0.05) is 17.9 Å². The zero-order valence-corrected chi connectivity index (χ0v) is 16.2. The van der Waals surface area contributed by atoms with E-state index < -0.39 is 23.5 Å². The van der Waals surface area contributed by atoms with E-state index in [0.717, 1.165) is 10.0 Å². The molecule has 1 aliphatic rings. The summed E-state index contributed by atoms with van der Waals surface area (Å²) in [4.78, 5) is 26.0. The van der Waals surface area contributed by atoms with Gasteiger partial charge in [-0.2, -0.15) is 0 Å². The summed E-state index contributed by atoms with van der Waals surface area (Å²) in [5, 5.41) is 6.06. The molecule has 1 aromatic rings. The SMILES string of the molecule is CN1C(=O)C[C@@](C)(c2cccc(Br)c2)NC1NC(=O)OC(C)(C)C. The monoisotopic (exact) mass is 397 g/mol. The minimum absolute atomic E-state index is 0.0581. The zero-order valence-electron chi connectivity index (χ0n) is 14.6. The summed E-state index contributed by atoms with van der Waals surface area (Å²) in [6.07, 6.45) is -0.921. The molecule has 1 heterocycles. The lowest BCUT2D eigenvalue weighted by Gasteiger charge is -2.44. The molecule has 24 heavy (non-hydrogen) atoms. The molecule has 0 spiro atoms. The van der Waals surface area contributed by atoms with Gasteiger partial charge in [-0.1, -0.05) is 28.1 Å². The van der Waals surface area contributed by atoms with Crippen LogP contribution in [0.3, 0.4) is 0 Å². The lowest BCUT2D eigenvalue weighted by Crippen LogP contribution is -2.67. The van der Waals surface area contributed by atoms with Gasteiger partial charge in [0.1, 0.15) is 5.60 Å². The number of amides is 2. The molecular formula is C17H24BrN3O3. The number of benzene rings is 1. The normalized spacial score (nSPS) is 24.7. The molecule has 6 nitrogen and oxygen atoms in total. The highest BCUT2D eigenvalue weighted by Gasteiger charge is 2.41. The average molecular weight is 398 g/mol. The van der Waals surface area contributed by atoms with E-state index in [2.05, 4.69) is 26.6 Å². The molecule has 1 unspecified atom stereocenters. The lowest BCUT2D eigenvalue weighted by atomic mass is 9.86. The molecular weight excluding hydrogens is 374 g/mol. The van der Waals surface area contributed by atoms with E-state index in [9.17, 15) is 9.59 Å². The van der Waals surface area contributed by atoms with Crippen LogP contribution in [0.25, 0.3) is 0 Å². The summed E-state index contributed by atoms with van der Waals surface area (Å²) in [7, 11) is 1.65. The summed E-state index contributed by atoms with van der Waals surface area (Å²) < 4.78 is 6.22. The zero-order chi connectivity index (χ0) is 18.1. The Morgan fingerprint density at radius 2 is 2.12 bits per heavy atom. The van der Waals surface area contributed by atoms with Crippen molar-refractivity contribution in [2.24, 2.45) is 0 Å². The number of nitrogens with one attached hydrogen (secondary N) is 2. The summed E-state index contributed by atoms with van der Waals surface area (Å²) in [6, 6.07) is 7.78. The Bertz CT molecular complexity index is 644. The second-order valence-corrected chi connectivity index (χ2v) is 8.13. The number of nitrogens with zero attached hydrogens (tertiary/aromatic N) is 1.